The number of amides is 1. The van der Waals surface area contributed by atoms with E-state index in [-0.39, 0.29) is 5.91 Å². The number of benzene rings is 1. The molecular weight excluding hydrogens is 314 g/mol. The van der Waals surface area contributed by atoms with E-state index in [2.05, 4.69) is 22.5 Å². The molecule has 1 aromatic carbocycles. The zero-order chi connectivity index (χ0) is 16.5. The molecule has 6 heteroatoms. The van der Waals surface area contributed by atoms with Crippen LogP contribution in [0.4, 0.5) is 0 Å². The maximum Gasteiger partial charge on any atom is 0.220 e. The molecule has 0 fully saturated rings. The van der Waals surface area contributed by atoms with Crippen LogP contribution in [0.2, 0.25) is 5.02 Å². The number of carbonyl (C=O) groups excluding carboxylic acids is 1. The molecule has 0 unspecified atom stereocenters. The molecule has 0 aliphatic rings. The third-order valence-electron chi connectivity index (χ3n) is 3.30. The van der Waals surface area contributed by atoms with E-state index >= 15 is 0 Å². The molecule has 1 amide bonds. The van der Waals surface area contributed by atoms with Crippen LogP contribution in [0.3, 0.4) is 0 Å². The Kier molecular flexibility index (Phi) is 7.10. The Balaban J connectivity index is 1.74. The molecule has 5 nitrogen and oxygen atoms in total. The van der Waals surface area contributed by atoms with E-state index in [1.807, 2.05) is 12.1 Å². The molecule has 0 spiro atoms. The minimum absolute atomic E-state index is 0.00883. The summed E-state index contributed by atoms with van der Waals surface area (Å²) in [4.78, 5) is 16.0. The molecule has 1 aromatic heterocycles. The third-order valence-corrected chi connectivity index (χ3v) is 3.55. The molecule has 0 saturated carbocycles. The topological polar surface area (TPSA) is 67.2 Å². The molecule has 2 rings (SSSR count). The van der Waals surface area contributed by atoms with Gasteiger partial charge in [-0.25, -0.2) is 4.98 Å². The Bertz CT molecular complexity index is 611. The van der Waals surface area contributed by atoms with Gasteiger partial charge in [0.1, 0.15) is 0 Å². The van der Waals surface area contributed by atoms with E-state index in [1.54, 1.807) is 18.3 Å². The largest absolute Gasteiger partial charge is 0.441 e. The van der Waals surface area contributed by atoms with E-state index in [4.69, 9.17) is 16.0 Å². The first-order chi connectivity index (χ1) is 11.2. The van der Waals surface area contributed by atoms with E-state index in [0.717, 1.165) is 25.1 Å². The SMILES string of the molecule is CCCNCCNC(=O)CCc1ncc(-c2ccc(Cl)cc2)o1. The molecular formula is C17H22ClN3O2. The van der Waals surface area contributed by atoms with Crippen LogP contribution in [0.5, 0.6) is 0 Å². The van der Waals surface area contributed by atoms with Gasteiger partial charge in [0, 0.05) is 36.5 Å². The summed E-state index contributed by atoms with van der Waals surface area (Å²) in [6.07, 6.45) is 3.62. The highest BCUT2D eigenvalue weighted by molar-refractivity contribution is 6.30. The average Bonchev–Trinajstić information content (AvgIpc) is 3.02. The smallest absolute Gasteiger partial charge is 0.220 e. The molecule has 0 radical (unpaired) electrons. The standard InChI is InChI=1S/C17H22ClN3O2/c1-2-9-19-10-11-20-16(22)7-8-17-21-12-15(23-17)13-3-5-14(18)6-4-13/h3-6,12,19H,2,7-11H2,1H3,(H,20,22). The minimum atomic E-state index is 0.00883. The molecule has 2 aromatic rings. The lowest BCUT2D eigenvalue weighted by Gasteiger charge is -2.05. The first-order valence-corrected chi connectivity index (χ1v) is 8.25. The third kappa shape index (κ3) is 6.04. The van der Waals surface area contributed by atoms with Crippen LogP contribution >= 0.6 is 11.6 Å². The average molecular weight is 336 g/mol. The van der Waals surface area contributed by atoms with Crippen molar-refractivity contribution in [3.05, 3.63) is 41.4 Å². The van der Waals surface area contributed by atoms with Gasteiger partial charge in [0.2, 0.25) is 5.91 Å². The Labute approximate surface area is 141 Å². The van der Waals surface area contributed by atoms with Gasteiger partial charge in [0.15, 0.2) is 11.7 Å². The van der Waals surface area contributed by atoms with Gasteiger partial charge >= 0.3 is 0 Å². The summed E-state index contributed by atoms with van der Waals surface area (Å²) in [7, 11) is 0. The van der Waals surface area contributed by atoms with E-state index in [1.165, 1.54) is 0 Å². The normalized spacial score (nSPS) is 10.7. The lowest BCUT2D eigenvalue weighted by molar-refractivity contribution is -0.121. The van der Waals surface area contributed by atoms with Crippen LogP contribution in [0.25, 0.3) is 11.3 Å². The zero-order valence-electron chi connectivity index (χ0n) is 13.3. The van der Waals surface area contributed by atoms with Crippen molar-refractivity contribution in [3.8, 4) is 11.3 Å². The molecule has 23 heavy (non-hydrogen) atoms. The van der Waals surface area contributed by atoms with Crippen molar-refractivity contribution in [2.45, 2.75) is 26.2 Å². The fraction of sp³-hybridized carbons (Fsp3) is 0.412. The van der Waals surface area contributed by atoms with Gasteiger partial charge in [0.25, 0.3) is 0 Å². The van der Waals surface area contributed by atoms with Crippen molar-refractivity contribution in [2.24, 2.45) is 0 Å². The van der Waals surface area contributed by atoms with Gasteiger partial charge in [-0.15, -0.1) is 0 Å². The molecule has 2 N–H and O–H groups in total. The molecule has 124 valence electrons. The number of aryl methyl sites for hydroxylation is 1. The first kappa shape index (κ1) is 17.5. The van der Waals surface area contributed by atoms with Crippen molar-refractivity contribution >= 4 is 17.5 Å². The second kappa shape index (κ2) is 9.33. The van der Waals surface area contributed by atoms with Crippen LogP contribution in [0.15, 0.2) is 34.9 Å². The highest BCUT2D eigenvalue weighted by Crippen LogP contribution is 2.22. The summed E-state index contributed by atoms with van der Waals surface area (Å²) in [6.45, 7) is 4.51. The fourth-order valence-corrected chi connectivity index (χ4v) is 2.20. The summed E-state index contributed by atoms with van der Waals surface area (Å²) in [5, 5.41) is 6.78. The van der Waals surface area contributed by atoms with E-state index in [9.17, 15) is 4.79 Å². The number of carbonyl (C=O) groups is 1. The van der Waals surface area contributed by atoms with Gasteiger partial charge in [0.05, 0.1) is 6.20 Å². The predicted octanol–water partition coefficient (Wildman–Crippen LogP) is 3.04. The van der Waals surface area contributed by atoms with Crippen LogP contribution in [-0.2, 0) is 11.2 Å². The Morgan fingerprint density at radius 1 is 1.22 bits per heavy atom. The Morgan fingerprint density at radius 2 is 2.00 bits per heavy atom. The maximum absolute atomic E-state index is 11.7. The number of hydrogen-bond donors (Lipinski definition) is 2. The van der Waals surface area contributed by atoms with Crippen LogP contribution in [-0.4, -0.2) is 30.5 Å². The summed E-state index contributed by atoms with van der Waals surface area (Å²) < 4.78 is 5.67. The number of nitrogens with zero attached hydrogens (tertiary/aromatic N) is 1. The fourth-order valence-electron chi connectivity index (χ4n) is 2.07. The van der Waals surface area contributed by atoms with Crippen LogP contribution in [0.1, 0.15) is 25.7 Å². The molecule has 0 atom stereocenters. The van der Waals surface area contributed by atoms with Gasteiger partial charge in [-0.3, -0.25) is 4.79 Å². The highest BCUT2D eigenvalue weighted by atomic mass is 35.5. The van der Waals surface area contributed by atoms with Crippen LogP contribution < -0.4 is 10.6 Å². The molecule has 0 bridgehead atoms. The predicted molar refractivity (Wildman–Crippen MR) is 91.4 cm³/mol. The van der Waals surface area contributed by atoms with E-state index < -0.39 is 0 Å². The quantitative estimate of drug-likeness (QED) is 0.691. The monoisotopic (exact) mass is 335 g/mol. The van der Waals surface area contributed by atoms with Crippen molar-refractivity contribution in [1.82, 2.24) is 15.6 Å². The number of rotatable bonds is 9. The summed E-state index contributed by atoms with van der Waals surface area (Å²) in [5.74, 6) is 1.25. The van der Waals surface area contributed by atoms with Gasteiger partial charge in [-0.1, -0.05) is 18.5 Å². The van der Waals surface area contributed by atoms with Gasteiger partial charge < -0.3 is 15.1 Å². The second-order valence-electron chi connectivity index (χ2n) is 5.23. The number of aromatic nitrogens is 1. The Morgan fingerprint density at radius 3 is 2.74 bits per heavy atom. The molecule has 1 heterocycles. The minimum Gasteiger partial charge on any atom is -0.441 e. The summed E-state index contributed by atoms with van der Waals surface area (Å²) in [6, 6.07) is 7.36. The van der Waals surface area contributed by atoms with Crippen LogP contribution in [0, 0.1) is 0 Å². The Hall–Kier alpha value is -1.85. The zero-order valence-corrected chi connectivity index (χ0v) is 14.0. The summed E-state index contributed by atoms with van der Waals surface area (Å²) >= 11 is 5.86. The van der Waals surface area contributed by atoms with Gasteiger partial charge in [-0.05, 0) is 37.2 Å². The summed E-state index contributed by atoms with van der Waals surface area (Å²) in [5.41, 5.74) is 0.916. The van der Waals surface area contributed by atoms with Gasteiger partial charge in [-0.2, -0.15) is 0 Å². The molecule has 0 aliphatic heterocycles. The van der Waals surface area contributed by atoms with Crippen molar-refractivity contribution in [2.75, 3.05) is 19.6 Å². The maximum atomic E-state index is 11.7. The lowest BCUT2D eigenvalue weighted by atomic mass is 10.2. The number of oxazole rings is 1. The van der Waals surface area contributed by atoms with Crippen molar-refractivity contribution < 1.29 is 9.21 Å². The first-order valence-electron chi connectivity index (χ1n) is 7.87. The number of hydrogen-bond acceptors (Lipinski definition) is 4. The molecule has 0 aliphatic carbocycles. The number of nitrogens with one attached hydrogen (secondary N) is 2. The van der Waals surface area contributed by atoms with Crippen molar-refractivity contribution in [3.63, 3.8) is 0 Å². The second-order valence-corrected chi connectivity index (χ2v) is 5.66. The highest BCUT2D eigenvalue weighted by Gasteiger charge is 2.08. The van der Waals surface area contributed by atoms with Crippen molar-refractivity contribution in [1.29, 1.82) is 0 Å². The number of halogens is 1. The lowest BCUT2D eigenvalue weighted by Crippen LogP contribution is -2.32. The molecule has 0 saturated heterocycles. The van der Waals surface area contributed by atoms with E-state index in [0.29, 0.717) is 36.1 Å².